The van der Waals surface area contributed by atoms with Crippen molar-refractivity contribution in [2.45, 2.75) is 424 Å². The summed E-state index contributed by atoms with van der Waals surface area (Å²) >= 11 is 0. The van der Waals surface area contributed by atoms with E-state index in [-0.39, 0.29) is 19.3 Å². The molecule has 5 unspecified atom stereocenters. The van der Waals surface area contributed by atoms with Gasteiger partial charge in [-0.3, -0.25) is 32.5 Å². The monoisotopic (exact) mass is 1760 g/mol. The Morgan fingerprint density at radius 1 is 0.236 bits per heavy atom. The van der Waals surface area contributed by atoms with Gasteiger partial charge in [0.25, 0.3) is 0 Å². The molecule has 0 amide bonds. The van der Waals surface area contributed by atoms with Gasteiger partial charge in [0.15, 0.2) is 6.10 Å². The lowest BCUT2D eigenvalue weighted by atomic mass is 10.0. The highest BCUT2D eigenvalue weighted by Gasteiger charge is 2.30. The summed E-state index contributed by atoms with van der Waals surface area (Å²) in [5.74, 6) is -1.58. The van der Waals surface area contributed by atoms with Crippen molar-refractivity contribution in [2.75, 3.05) is 39.6 Å². The molecule has 18 heteroatoms. The Hall–Kier alpha value is -5.35. The fourth-order valence-corrected chi connectivity index (χ4v) is 14.8. The molecule has 0 spiro atoms. The number of rotatable bonds is 92. The average Bonchev–Trinajstić information content (AvgIpc) is 0.912. The molecule has 0 saturated heterocycles. The highest BCUT2D eigenvalue weighted by molar-refractivity contribution is 7.47. The highest BCUT2D eigenvalue weighted by Crippen LogP contribution is 2.45. The number of carbonyl (C=O) groups excluding carboxylic acids is 3. The standard InChI is InChI=1S/C105H178O16P2/c1-4-7-10-13-16-19-22-25-28-31-34-37-40-42-44-46-48-49-51-53-54-56-59-61-64-67-70-73-76-79-82-85-88-91-103(108)115-94-100(106)95-117-122(111,112)118-96-101(107)97-119-123(113,114)120-99-102(121-105(110)93-90-87-84-81-78-75-72-69-66-63-58-39-36-33-30-27-24-21-18-15-12-9-6-3)98-116-104(109)92-89-86-83-80-77-74-71-68-65-62-60-57-55-52-50-47-45-43-41-38-35-32-29-26-23-20-17-14-11-8-5-2/h7-8,10-11,16-21,25-30,34-39,42-45,50,52,63,66,100-102,106-107H,4-6,9,12-15,22-24,31-33,40-41,46-49,51,53-62,64-65,67-99H2,1-3H3,(H,111,112)(H,113,114)/b10-7-,11-8-,19-16-,20-17-,21-18-,28-25-,29-26-,30-27-,37-34-,38-35-,39-36-,44-42-,45-43-,52-50-,66-63-. The van der Waals surface area contributed by atoms with Gasteiger partial charge in [-0.15, -0.1) is 0 Å². The largest absolute Gasteiger partial charge is 0.472 e. The summed E-state index contributed by atoms with van der Waals surface area (Å²) in [7, 11) is -9.82. The lowest BCUT2D eigenvalue weighted by Crippen LogP contribution is -2.30. The van der Waals surface area contributed by atoms with Crippen molar-refractivity contribution in [1.29, 1.82) is 0 Å². The third-order valence-corrected chi connectivity index (χ3v) is 22.5. The van der Waals surface area contributed by atoms with Crippen LogP contribution in [-0.4, -0.2) is 95.9 Å². The van der Waals surface area contributed by atoms with Crippen molar-refractivity contribution >= 4 is 33.6 Å². The quantitative estimate of drug-likeness (QED) is 0.0146. The van der Waals surface area contributed by atoms with Crippen molar-refractivity contribution in [1.82, 2.24) is 0 Å². The maximum atomic E-state index is 13.1. The number of aliphatic hydroxyl groups is 2. The summed E-state index contributed by atoms with van der Waals surface area (Å²) in [4.78, 5) is 59.1. The van der Waals surface area contributed by atoms with E-state index >= 15 is 0 Å². The van der Waals surface area contributed by atoms with Crippen molar-refractivity contribution in [2.24, 2.45) is 0 Å². The van der Waals surface area contributed by atoms with E-state index < -0.39 is 91.5 Å². The van der Waals surface area contributed by atoms with Gasteiger partial charge in [-0.05, 0) is 161 Å². The molecular formula is C105H178O16P2. The Labute approximate surface area is 751 Å². The Bertz CT molecular complexity index is 2970. The van der Waals surface area contributed by atoms with Crippen LogP contribution < -0.4 is 0 Å². The van der Waals surface area contributed by atoms with E-state index in [2.05, 4.69) is 203 Å². The molecule has 123 heavy (non-hydrogen) atoms. The van der Waals surface area contributed by atoms with Crippen molar-refractivity contribution in [3.05, 3.63) is 182 Å². The van der Waals surface area contributed by atoms with E-state index in [0.29, 0.717) is 19.3 Å². The fraction of sp³-hybridized carbons (Fsp3) is 0.686. The summed E-state index contributed by atoms with van der Waals surface area (Å²) in [6.07, 6.45) is 127. The molecule has 0 bridgehead atoms. The first-order valence-electron chi connectivity index (χ1n) is 49.1. The number of hydrogen-bond donors (Lipinski definition) is 4. The van der Waals surface area contributed by atoms with E-state index in [0.717, 1.165) is 186 Å². The number of phosphoric acid groups is 2. The zero-order valence-corrected chi connectivity index (χ0v) is 79.6. The SMILES string of the molecule is CC/C=C\C/C=C\C/C=C\C/C=C\C/C=C\C/C=C\CCCCCCCCCCCCCCC(=O)OCC(COP(=O)(O)OCC(O)COP(=O)(O)OCC(O)COC(=O)CCCCCCCCCCCCCCCCCCC/C=C\C/C=C\C/C=C\C/C=C\C/C=C\CC)OC(=O)CCCCCCCCC/C=C\C/C=C\C/C=C\C/C=C\CCCCC. The molecule has 0 rings (SSSR count). The van der Waals surface area contributed by atoms with Crippen LogP contribution in [0, 0.1) is 0 Å². The van der Waals surface area contributed by atoms with E-state index in [1.54, 1.807) is 0 Å². The summed E-state index contributed by atoms with van der Waals surface area (Å²) in [5, 5.41) is 20.8. The highest BCUT2D eigenvalue weighted by atomic mass is 31.2. The number of esters is 3. The van der Waals surface area contributed by atoms with Crippen LogP contribution in [0.15, 0.2) is 182 Å². The molecule has 0 aliphatic carbocycles. The van der Waals surface area contributed by atoms with Gasteiger partial charge in [0.2, 0.25) is 0 Å². The predicted molar refractivity (Wildman–Crippen MR) is 518 cm³/mol. The minimum Gasteiger partial charge on any atom is -0.463 e. The van der Waals surface area contributed by atoms with Crippen LogP contribution in [-0.2, 0) is 55.8 Å². The number of unbranched alkanes of at least 4 members (excludes halogenated alkanes) is 39. The molecule has 0 aromatic heterocycles. The molecular weight excluding hydrogens is 1580 g/mol. The Morgan fingerprint density at radius 2 is 0.431 bits per heavy atom. The molecule has 5 atom stereocenters. The normalized spacial score (nSPS) is 14.5. The number of phosphoric ester groups is 2. The van der Waals surface area contributed by atoms with Gasteiger partial charge in [-0.1, -0.05) is 409 Å². The summed E-state index contributed by atoms with van der Waals surface area (Å²) in [5.41, 5.74) is 0. The van der Waals surface area contributed by atoms with Crippen LogP contribution in [0.3, 0.4) is 0 Å². The zero-order valence-electron chi connectivity index (χ0n) is 77.8. The average molecular weight is 1760 g/mol. The van der Waals surface area contributed by atoms with Gasteiger partial charge < -0.3 is 34.2 Å². The topological polar surface area (TPSA) is 231 Å². The molecule has 0 aliphatic heterocycles. The molecule has 704 valence electrons. The van der Waals surface area contributed by atoms with Crippen LogP contribution in [0.1, 0.15) is 406 Å². The minimum absolute atomic E-state index is 0.0878. The van der Waals surface area contributed by atoms with Gasteiger partial charge in [0.05, 0.1) is 26.4 Å². The number of allylic oxidation sites excluding steroid dienone is 30. The van der Waals surface area contributed by atoms with Gasteiger partial charge in [0.1, 0.15) is 25.4 Å². The van der Waals surface area contributed by atoms with Crippen molar-refractivity contribution in [3.8, 4) is 0 Å². The molecule has 0 fully saturated rings. The maximum absolute atomic E-state index is 13.1. The number of hydrogen-bond acceptors (Lipinski definition) is 14. The van der Waals surface area contributed by atoms with E-state index in [9.17, 15) is 43.5 Å². The molecule has 0 aliphatic rings. The summed E-state index contributed by atoms with van der Waals surface area (Å²) in [6.45, 7) is 2.47. The number of aliphatic hydroxyl groups excluding tert-OH is 2. The zero-order chi connectivity index (χ0) is 89.3. The first-order valence-corrected chi connectivity index (χ1v) is 52.1. The molecule has 0 aromatic carbocycles. The van der Waals surface area contributed by atoms with E-state index in [4.69, 9.17) is 32.3 Å². The molecule has 0 aromatic rings. The lowest BCUT2D eigenvalue weighted by Gasteiger charge is -2.21. The minimum atomic E-state index is -4.95. The predicted octanol–water partition coefficient (Wildman–Crippen LogP) is 30.8. The van der Waals surface area contributed by atoms with Gasteiger partial charge in [-0.2, -0.15) is 0 Å². The lowest BCUT2D eigenvalue weighted by molar-refractivity contribution is -0.161. The van der Waals surface area contributed by atoms with Crippen molar-refractivity contribution < 1.29 is 75.8 Å². The Balaban J connectivity index is 4.59. The van der Waals surface area contributed by atoms with Gasteiger partial charge >= 0.3 is 33.6 Å². The second-order valence-corrected chi connectivity index (χ2v) is 35.4. The molecule has 4 N–H and O–H groups in total. The molecule has 16 nitrogen and oxygen atoms in total. The molecule has 0 radical (unpaired) electrons. The molecule has 0 saturated carbocycles. The van der Waals surface area contributed by atoms with Crippen LogP contribution in [0.25, 0.3) is 0 Å². The number of ether oxygens (including phenoxy) is 3. The molecule has 0 heterocycles. The third-order valence-electron chi connectivity index (χ3n) is 20.6. The second kappa shape index (κ2) is 95.7. The first-order chi connectivity index (χ1) is 60.2. The maximum Gasteiger partial charge on any atom is 0.472 e. The van der Waals surface area contributed by atoms with Crippen molar-refractivity contribution in [3.63, 3.8) is 0 Å². The number of carbonyl (C=O) groups is 3. The third kappa shape index (κ3) is 97.1. The Morgan fingerprint density at radius 3 is 0.683 bits per heavy atom. The first kappa shape index (κ1) is 118. The van der Waals surface area contributed by atoms with E-state index in [1.807, 2.05) is 0 Å². The van der Waals surface area contributed by atoms with E-state index in [1.165, 1.54) is 161 Å². The second-order valence-electron chi connectivity index (χ2n) is 32.5. The van der Waals surface area contributed by atoms with Gasteiger partial charge in [-0.25, -0.2) is 9.13 Å². The summed E-state index contributed by atoms with van der Waals surface area (Å²) < 4.78 is 61.6. The fourth-order valence-electron chi connectivity index (χ4n) is 13.2. The van der Waals surface area contributed by atoms with Crippen LogP contribution in [0.5, 0.6) is 0 Å². The van der Waals surface area contributed by atoms with Crippen LogP contribution in [0.4, 0.5) is 0 Å². The summed E-state index contributed by atoms with van der Waals surface area (Å²) in [6, 6.07) is 0. The van der Waals surface area contributed by atoms with Gasteiger partial charge in [0, 0.05) is 19.3 Å². The smallest absolute Gasteiger partial charge is 0.463 e. The van der Waals surface area contributed by atoms with Crippen LogP contribution in [0.2, 0.25) is 0 Å². The van der Waals surface area contributed by atoms with Crippen LogP contribution >= 0.6 is 15.6 Å². The Kier molecular flexibility index (Phi) is 91.6.